The third-order valence-corrected chi connectivity index (χ3v) is 8.47. The Labute approximate surface area is 221 Å². The van der Waals surface area contributed by atoms with Gasteiger partial charge in [-0.15, -0.1) is 21.6 Å². The second kappa shape index (κ2) is 9.21. The van der Waals surface area contributed by atoms with Crippen molar-refractivity contribution in [1.29, 1.82) is 5.26 Å². The number of allylic oxidation sites excluding steroid dienone is 3. The topological polar surface area (TPSA) is 86.1 Å². The van der Waals surface area contributed by atoms with Crippen LogP contribution in [0.5, 0.6) is 0 Å². The Morgan fingerprint density at radius 2 is 2.05 bits per heavy atom. The van der Waals surface area contributed by atoms with E-state index in [0.717, 1.165) is 39.6 Å². The maximum atomic E-state index is 13.1. The van der Waals surface area contributed by atoms with E-state index in [-0.39, 0.29) is 11.5 Å². The fourth-order valence-electron chi connectivity index (χ4n) is 4.78. The van der Waals surface area contributed by atoms with Crippen molar-refractivity contribution in [1.82, 2.24) is 4.98 Å². The van der Waals surface area contributed by atoms with E-state index in [1.54, 1.807) is 30.3 Å². The molecule has 0 atom stereocenters. The van der Waals surface area contributed by atoms with Gasteiger partial charge in [-0.05, 0) is 54.8 Å². The zero-order chi connectivity index (χ0) is 25.5. The van der Waals surface area contributed by atoms with Crippen LogP contribution in [0.4, 0.5) is 16.5 Å². The summed E-state index contributed by atoms with van der Waals surface area (Å²) in [5, 5.41) is 18.8. The number of Topliss-reactive ketones (excluding diaryl/α,β-unsaturated/α-hetero) is 1. The molecular formula is C28H18N6OS2. The van der Waals surface area contributed by atoms with Gasteiger partial charge in [-0.25, -0.2) is 15.1 Å². The fraction of sp³-hybridized carbons (Fsp3) is 0.143. The second-order valence-corrected chi connectivity index (χ2v) is 10.6. The van der Waals surface area contributed by atoms with Crippen molar-refractivity contribution in [3.8, 4) is 6.07 Å². The fourth-order valence-corrected chi connectivity index (χ4v) is 6.76. The second-order valence-electron chi connectivity index (χ2n) is 8.54. The maximum absolute atomic E-state index is 13.1. The zero-order valence-corrected chi connectivity index (χ0v) is 21.4. The van der Waals surface area contributed by atoms with E-state index in [0.29, 0.717) is 27.4 Å². The molecule has 0 N–H and O–H groups in total. The number of ketones is 1. The van der Waals surface area contributed by atoms with Crippen LogP contribution in [0.2, 0.25) is 0 Å². The Morgan fingerprint density at radius 3 is 2.81 bits per heavy atom. The predicted octanol–water partition coefficient (Wildman–Crippen LogP) is 7.59. The third-order valence-electron chi connectivity index (χ3n) is 6.48. The number of nitriles is 1. The minimum atomic E-state index is -0.183. The number of nitrogens with zero attached hydrogens (tertiary/aromatic N) is 6. The number of likely N-dealkylation sites (N-methyl/N-ethyl adjacent to an activating group) is 1. The van der Waals surface area contributed by atoms with Crippen molar-refractivity contribution in [2.24, 2.45) is 10.2 Å². The standard InChI is InChI=1S/C28H18N6OS2/c1-3-34-11-10-16-12-17(8-9-23(16)34)32-33-28-31-27-24(37-28)14-18(36-27)13-21-25(22(15-29)30-2)19-6-4-5-7-20(19)26(21)35/h4-9,12-14H,3,10-11H2,1H3/b21-13-,25-22+,33-32?. The van der Waals surface area contributed by atoms with Crippen LogP contribution in [0, 0.1) is 17.9 Å². The molecule has 37 heavy (non-hydrogen) atoms. The third kappa shape index (κ3) is 3.95. The van der Waals surface area contributed by atoms with E-state index < -0.39 is 0 Å². The molecule has 0 fully saturated rings. The van der Waals surface area contributed by atoms with Gasteiger partial charge in [0.05, 0.1) is 23.0 Å². The average Bonchev–Trinajstić information content (AvgIpc) is 3.66. The molecular weight excluding hydrogens is 500 g/mol. The highest BCUT2D eigenvalue weighted by Crippen LogP contribution is 2.42. The van der Waals surface area contributed by atoms with E-state index in [1.807, 2.05) is 18.2 Å². The van der Waals surface area contributed by atoms with Gasteiger partial charge in [0.15, 0.2) is 5.78 Å². The van der Waals surface area contributed by atoms with Gasteiger partial charge in [-0.1, -0.05) is 35.6 Å². The first-order valence-corrected chi connectivity index (χ1v) is 13.3. The summed E-state index contributed by atoms with van der Waals surface area (Å²) in [5.74, 6) is -0.183. The molecule has 2 aromatic carbocycles. The smallest absolute Gasteiger partial charge is 0.270 e. The lowest BCUT2D eigenvalue weighted by atomic mass is 10.0. The van der Waals surface area contributed by atoms with Gasteiger partial charge in [0.1, 0.15) is 4.83 Å². The molecule has 2 aromatic heterocycles. The molecule has 0 radical (unpaired) electrons. The summed E-state index contributed by atoms with van der Waals surface area (Å²) in [7, 11) is 0. The van der Waals surface area contributed by atoms with Gasteiger partial charge in [-0.2, -0.15) is 0 Å². The summed E-state index contributed by atoms with van der Waals surface area (Å²) in [4.78, 5) is 25.1. The highest BCUT2D eigenvalue weighted by molar-refractivity contribution is 7.29. The van der Waals surface area contributed by atoms with Crippen LogP contribution in [-0.4, -0.2) is 23.9 Å². The van der Waals surface area contributed by atoms with Crippen molar-refractivity contribution in [2.45, 2.75) is 13.3 Å². The van der Waals surface area contributed by atoms with Crippen molar-refractivity contribution < 1.29 is 4.79 Å². The Balaban J connectivity index is 1.29. The average molecular weight is 519 g/mol. The molecule has 178 valence electrons. The maximum Gasteiger partial charge on any atom is 0.270 e. The molecule has 0 unspecified atom stereocenters. The molecule has 3 heterocycles. The van der Waals surface area contributed by atoms with Crippen LogP contribution < -0.4 is 4.90 Å². The monoisotopic (exact) mass is 518 g/mol. The molecule has 0 bridgehead atoms. The quantitative estimate of drug-likeness (QED) is 0.121. The van der Waals surface area contributed by atoms with Gasteiger partial charge < -0.3 is 4.90 Å². The van der Waals surface area contributed by atoms with E-state index >= 15 is 0 Å². The first-order chi connectivity index (χ1) is 18.1. The molecule has 0 saturated carbocycles. The van der Waals surface area contributed by atoms with Gasteiger partial charge in [-0.3, -0.25) is 4.79 Å². The predicted molar refractivity (Wildman–Crippen MR) is 148 cm³/mol. The molecule has 2 aliphatic rings. The summed E-state index contributed by atoms with van der Waals surface area (Å²) in [6.07, 6.45) is 2.78. The van der Waals surface area contributed by atoms with Crippen LogP contribution in [0.25, 0.3) is 26.0 Å². The van der Waals surface area contributed by atoms with Crippen molar-refractivity contribution >= 4 is 66.1 Å². The lowest BCUT2D eigenvalue weighted by Gasteiger charge is -2.16. The molecule has 9 heteroatoms. The molecule has 1 aliphatic carbocycles. The van der Waals surface area contributed by atoms with Gasteiger partial charge >= 0.3 is 0 Å². The molecule has 0 amide bonds. The number of aromatic nitrogens is 1. The van der Waals surface area contributed by atoms with E-state index in [4.69, 9.17) is 6.57 Å². The number of rotatable bonds is 4. The minimum Gasteiger partial charge on any atom is -0.371 e. The van der Waals surface area contributed by atoms with Crippen LogP contribution in [0.15, 0.2) is 70.0 Å². The highest BCUT2D eigenvalue weighted by Gasteiger charge is 2.32. The Bertz CT molecular complexity index is 1730. The number of hydrogen-bond donors (Lipinski definition) is 0. The summed E-state index contributed by atoms with van der Waals surface area (Å²) in [6, 6.07) is 17.2. The number of carbonyl (C=O) groups is 1. The zero-order valence-electron chi connectivity index (χ0n) is 19.7. The summed E-state index contributed by atoms with van der Waals surface area (Å²) in [6.45, 7) is 11.6. The first kappa shape index (κ1) is 23.0. The lowest BCUT2D eigenvalue weighted by molar-refractivity contribution is 0.104. The largest absolute Gasteiger partial charge is 0.371 e. The van der Waals surface area contributed by atoms with Gasteiger partial charge in [0.2, 0.25) is 5.13 Å². The van der Waals surface area contributed by atoms with E-state index in [2.05, 4.69) is 44.0 Å². The normalized spacial score (nSPS) is 16.9. The number of thiazole rings is 1. The van der Waals surface area contributed by atoms with E-state index in [1.165, 1.54) is 33.9 Å². The van der Waals surface area contributed by atoms with Gasteiger partial charge in [0.25, 0.3) is 5.70 Å². The van der Waals surface area contributed by atoms with Crippen LogP contribution in [-0.2, 0) is 6.42 Å². The van der Waals surface area contributed by atoms with Crippen LogP contribution in [0.3, 0.4) is 0 Å². The molecule has 1 aliphatic heterocycles. The Kier molecular flexibility index (Phi) is 5.72. The SMILES string of the molecule is [C-]#[N+]/C(C#N)=C1/C(=C/c2cc3sc(N=Nc4ccc5c(c4)CCN5CC)nc3s2)C(=O)c2ccccc21. The highest BCUT2D eigenvalue weighted by atomic mass is 32.1. The van der Waals surface area contributed by atoms with Gasteiger partial charge in [0, 0.05) is 40.4 Å². The molecule has 7 nitrogen and oxygen atoms in total. The number of benzene rings is 2. The number of fused-ring (bicyclic) bond motifs is 3. The molecule has 0 spiro atoms. The molecule has 0 saturated heterocycles. The summed E-state index contributed by atoms with van der Waals surface area (Å²) in [5.41, 5.74) is 5.19. The van der Waals surface area contributed by atoms with Crippen molar-refractivity contribution in [2.75, 3.05) is 18.0 Å². The molecule has 6 rings (SSSR count). The van der Waals surface area contributed by atoms with Crippen molar-refractivity contribution in [3.05, 3.63) is 92.8 Å². The van der Waals surface area contributed by atoms with Crippen LogP contribution in [0.1, 0.15) is 33.3 Å². The molecule has 4 aromatic rings. The number of hydrogen-bond acceptors (Lipinski definition) is 8. The minimum absolute atomic E-state index is 0.0855. The lowest BCUT2D eigenvalue weighted by Crippen LogP contribution is -2.18. The van der Waals surface area contributed by atoms with E-state index in [9.17, 15) is 10.1 Å². The number of azo groups is 1. The Hall–Kier alpha value is -4.44. The Morgan fingerprint density at radius 1 is 1.22 bits per heavy atom. The number of anilines is 1. The number of carbonyl (C=O) groups excluding carboxylic acids is 1. The van der Waals surface area contributed by atoms with Crippen LogP contribution >= 0.6 is 22.7 Å². The summed E-state index contributed by atoms with van der Waals surface area (Å²) >= 11 is 2.87. The number of thiophene rings is 1. The first-order valence-electron chi connectivity index (χ1n) is 11.7. The summed E-state index contributed by atoms with van der Waals surface area (Å²) < 4.78 is 0.942. The van der Waals surface area contributed by atoms with Crippen molar-refractivity contribution in [3.63, 3.8) is 0 Å².